The number of halogens is 1. The maximum Gasteiger partial charge on any atom is 0.230 e. The third-order valence-electron chi connectivity index (χ3n) is 2.89. The summed E-state index contributed by atoms with van der Waals surface area (Å²) >= 11 is 0. The van der Waals surface area contributed by atoms with Crippen LogP contribution in [0.25, 0.3) is 0 Å². The SMILES string of the molecule is C[C@H](C(=O)N1CC(O)C1)c1cccc(F)c1. The average Bonchev–Trinajstić information content (AvgIpc) is 2.23. The number of carbonyl (C=O) groups is 1. The third-order valence-corrected chi connectivity index (χ3v) is 2.89. The van der Waals surface area contributed by atoms with E-state index in [9.17, 15) is 9.18 Å². The molecule has 1 atom stereocenters. The minimum absolute atomic E-state index is 0.0594. The lowest BCUT2D eigenvalue weighted by atomic mass is 9.97. The molecule has 86 valence electrons. The molecule has 2 rings (SSSR count). The van der Waals surface area contributed by atoms with E-state index in [-0.39, 0.29) is 17.6 Å². The molecule has 1 saturated heterocycles. The smallest absolute Gasteiger partial charge is 0.230 e. The molecule has 0 aliphatic carbocycles. The lowest BCUT2D eigenvalue weighted by molar-refractivity contribution is -0.142. The Bertz CT molecular complexity index is 402. The topological polar surface area (TPSA) is 40.5 Å². The first-order valence-electron chi connectivity index (χ1n) is 5.30. The predicted octanol–water partition coefficient (Wildman–Crippen LogP) is 1.13. The number of amides is 1. The van der Waals surface area contributed by atoms with E-state index < -0.39 is 6.10 Å². The summed E-state index contributed by atoms with van der Waals surface area (Å²) in [4.78, 5) is 13.5. The van der Waals surface area contributed by atoms with E-state index in [1.54, 1.807) is 24.0 Å². The number of carbonyl (C=O) groups excluding carboxylic acids is 1. The molecule has 0 aromatic heterocycles. The van der Waals surface area contributed by atoms with Crippen molar-refractivity contribution in [1.29, 1.82) is 0 Å². The van der Waals surface area contributed by atoms with Gasteiger partial charge in [0.1, 0.15) is 5.82 Å². The minimum atomic E-state index is -0.399. The van der Waals surface area contributed by atoms with Gasteiger partial charge in [-0.1, -0.05) is 12.1 Å². The Morgan fingerprint density at radius 3 is 2.81 bits per heavy atom. The highest BCUT2D eigenvalue weighted by Crippen LogP contribution is 2.21. The summed E-state index contributed by atoms with van der Waals surface area (Å²) in [6, 6.07) is 6.06. The first-order chi connectivity index (χ1) is 7.58. The molecule has 0 bridgehead atoms. The van der Waals surface area contributed by atoms with E-state index in [1.807, 2.05) is 0 Å². The van der Waals surface area contributed by atoms with Crippen molar-refractivity contribution < 1.29 is 14.3 Å². The van der Waals surface area contributed by atoms with Crippen LogP contribution in [-0.4, -0.2) is 35.1 Å². The van der Waals surface area contributed by atoms with Gasteiger partial charge in [-0.2, -0.15) is 0 Å². The Kier molecular flexibility index (Phi) is 2.92. The van der Waals surface area contributed by atoms with Gasteiger partial charge >= 0.3 is 0 Å². The van der Waals surface area contributed by atoms with Gasteiger partial charge in [0.25, 0.3) is 0 Å². The van der Waals surface area contributed by atoms with Crippen LogP contribution in [0.3, 0.4) is 0 Å². The third kappa shape index (κ3) is 2.07. The van der Waals surface area contributed by atoms with Crippen molar-refractivity contribution in [2.24, 2.45) is 0 Å². The average molecular weight is 223 g/mol. The van der Waals surface area contributed by atoms with Gasteiger partial charge in [0, 0.05) is 13.1 Å². The Labute approximate surface area is 93.5 Å². The Morgan fingerprint density at radius 2 is 2.25 bits per heavy atom. The zero-order valence-corrected chi connectivity index (χ0v) is 9.06. The second-order valence-electron chi connectivity index (χ2n) is 4.17. The molecular formula is C12H14FNO2. The molecule has 1 amide bonds. The number of aliphatic hydroxyl groups excluding tert-OH is 1. The van der Waals surface area contributed by atoms with Crippen LogP contribution in [0.15, 0.2) is 24.3 Å². The molecule has 1 aliphatic rings. The normalized spacial score (nSPS) is 18.1. The van der Waals surface area contributed by atoms with Crippen LogP contribution in [0, 0.1) is 5.82 Å². The van der Waals surface area contributed by atoms with Crippen LogP contribution in [0.1, 0.15) is 18.4 Å². The van der Waals surface area contributed by atoms with Gasteiger partial charge in [0.15, 0.2) is 0 Å². The monoisotopic (exact) mass is 223 g/mol. The molecule has 0 spiro atoms. The zero-order chi connectivity index (χ0) is 11.7. The maximum absolute atomic E-state index is 13.0. The van der Waals surface area contributed by atoms with Crippen LogP contribution in [-0.2, 0) is 4.79 Å². The molecule has 1 aliphatic heterocycles. The van der Waals surface area contributed by atoms with E-state index in [2.05, 4.69) is 0 Å². The van der Waals surface area contributed by atoms with Crippen LogP contribution in [0.2, 0.25) is 0 Å². The summed E-state index contributed by atoms with van der Waals surface area (Å²) in [5.74, 6) is -0.750. The Hall–Kier alpha value is -1.42. The summed E-state index contributed by atoms with van der Waals surface area (Å²) in [6.07, 6.45) is -0.399. The van der Waals surface area contributed by atoms with Crippen LogP contribution in [0.5, 0.6) is 0 Å². The molecule has 3 nitrogen and oxygen atoms in total. The van der Waals surface area contributed by atoms with Crippen molar-refractivity contribution in [3.05, 3.63) is 35.6 Å². The number of rotatable bonds is 2. The first kappa shape index (κ1) is 11.1. The van der Waals surface area contributed by atoms with E-state index in [0.717, 1.165) is 0 Å². The van der Waals surface area contributed by atoms with Crippen molar-refractivity contribution in [3.63, 3.8) is 0 Å². The number of hydrogen-bond acceptors (Lipinski definition) is 2. The number of hydrogen-bond donors (Lipinski definition) is 1. The van der Waals surface area contributed by atoms with Crippen molar-refractivity contribution >= 4 is 5.91 Å². The predicted molar refractivity (Wildman–Crippen MR) is 57.4 cm³/mol. The highest BCUT2D eigenvalue weighted by atomic mass is 19.1. The Balaban J connectivity index is 2.07. The van der Waals surface area contributed by atoms with Crippen molar-refractivity contribution in [2.45, 2.75) is 18.9 Å². The molecule has 1 aromatic rings. The fraction of sp³-hybridized carbons (Fsp3) is 0.417. The fourth-order valence-corrected chi connectivity index (χ4v) is 1.83. The summed E-state index contributed by atoms with van der Waals surface area (Å²) in [6.45, 7) is 2.53. The summed E-state index contributed by atoms with van der Waals surface area (Å²) < 4.78 is 13.0. The van der Waals surface area contributed by atoms with Crippen LogP contribution >= 0.6 is 0 Å². The second-order valence-corrected chi connectivity index (χ2v) is 4.17. The lowest BCUT2D eigenvalue weighted by Crippen LogP contribution is -2.54. The number of benzene rings is 1. The molecule has 16 heavy (non-hydrogen) atoms. The molecule has 1 fully saturated rings. The van der Waals surface area contributed by atoms with E-state index >= 15 is 0 Å². The molecule has 1 aromatic carbocycles. The van der Waals surface area contributed by atoms with Gasteiger partial charge in [0.05, 0.1) is 12.0 Å². The molecular weight excluding hydrogens is 209 g/mol. The quantitative estimate of drug-likeness (QED) is 0.816. The largest absolute Gasteiger partial charge is 0.389 e. The number of nitrogens with zero attached hydrogens (tertiary/aromatic N) is 1. The van der Waals surface area contributed by atoms with Crippen LogP contribution < -0.4 is 0 Å². The zero-order valence-electron chi connectivity index (χ0n) is 9.06. The van der Waals surface area contributed by atoms with Gasteiger partial charge in [-0.25, -0.2) is 4.39 Å². The highest BCUT2D eigenvalue weighted by Gasteiger charge is 2.31. The molecule has 1 N–H and O–H groups in total. The number of likely N-dealkylation sites (tertiary alicyclic amines) is 1. The fourth-order valence-electron chi connectivity index (χ4n) is 1.83. The van der Waals surface area contributed by atoms with Crippen LogP contribution in [0.4, 0.5) is 4.39 Å². The van der Waals surface area contributed by atoms with Gasteiger partial charge < -0.3 is 10.0 Å². The van der Waals surface area contributed by atoms with Crippen molar-refractivity contribution in [2.75, 3.05) is 13.1 Å². The van der Waals surface area contributed by atoms with E-state index in [1.165, 1.54) is 12.1 Å². The van der Waals surface area contributed by atoms with Gasteiger partial charge in [0.2, 0.25) is 5.91 Å². The van der Waals surface area contributed by atoms with Crippen molar-refractivity contribution in [1.82, 2.24) is 4.90 Å². The number of aliphatic hydroxyl groups is 1. The van der Waals surface area contributed by atoms with E-state index in [4.69, 9.17) is 5.11 Å². The standard InChI is InChI=1S/C12H14FNO2/c1-8(9-3-2-4-10(13)5-9)12(16)14-6-11(15)7-14/h2-5,8,11,15H,6-7H2,1H3/t8-/m0/s1. The molecule has 1 heterocycles. The maximum atomic E-state index is 13.0. The molecule has 0 radical (unpaired) electrons. The van der Waals surface area contributed by atoms with E-state index in [0.29, 0.717) is 18.7 Å². The molecule has 4 heteroatoms. The Morgan fingerprint density at radius 1 is 1.56 bits per heavy atom. The molecule has 0 unspecified atom stereocenters. The summed E-state index contributed by atoms with van der Waals surface area (Å²) in [7, 11) is 0. The summed E-state index contributed by atoms with van der Waals surface area (Å²) in [5.41, 5.74) is 0.673. The number of β-amino-alcohol motifs (C(OH)–C–C–N with tert-alkyl or cyclic N) is 1. The molecule has 0 saturated carbocycles. The summed E-state index contributed by atoms with van der Waals surface area (Å²) in [5, 5.41) is 9.11. The second kappa shape index (κ2) is 4.22. The minimum Gasteiger partial charge on any atom is -0.389 e. The first-order valence-corrected chi connectivity index (χ1v) is 5.30. The highest BCUT2D eigenvalue weighted by molar-refractivity contribution is 5.84. The van der Waals surface area contributed by atoms with Gasteiger partial charge in [-0.15, -0.1) is 0 Å². The van der Waals surface area contributed by atoms with Gasteiger partial charge in [-0.3, -0.25) is 4.79 Å². The van der Waals surface area contributed by atoms with Gasteiger partial charge in [-0.05, 0) is 24.6 Å². The van der Waals surface area contributed by atoms with Crippen molar-refractivity contribution in [3.8, 4) is 0 Å². The lowest BCUT2D eigenvalue weighted by Gasteiger charge is -2.37.